The van der Waals surface area contributed by atoms with Gasteiger partial charge in [0.05, 0.1) is 31.2 Å². The van der Waals surface area contributed by atoms with Gasteiger partial charge in [-0.2, -0.15) is 0 Å². The molecule has 4 heterocycles. The van der Waals surface area contributed by atoms with Crippen molar-refractivity contribution in [2.24, 2.45) is 17.8 Å². The zero-order valence-electron chi connectivity index (χ0n) is 25.6. The van der Waals surface area contributed by atoms with Crippen molar-refractivity contribution >= 4 is 23.7 Å². The van der Waals surface area contributed by atoms with E-state index in [9.17, 15) is 24.3 Å². The van der Waals surface area contributed by atoms with Crippen molar-refractivity contribution in [1.82, 2.24) is 15.1 Å². The van der Waals surface area contributed by atoms with Crippen LogP contribution < -0.4 is 5.32 Å². The third-order valence-corrected chi connectivity index (χ3v) is 9.11. The standard InChI is InChI=1S/C33H43N3O7/c1-20(2)22(19-37)36-28-30(40)35(32(3,4)5)17-11-7-10-14-25(38)34-18-24(21-12-8-6-9-13-21)42-31(41)26-23-15-16-33(28,43-23)27(26)29(36)39/h6-9,11-13,15-16,20,22-24,26-28,37H,10,14,17-19H2,1-5H3,(H,34,38)/b11-7-/t22-,23+,24+,26-,27-,28+,33-/m0/s1. The molecule has 5 bridgehead atoms. The Kier molecular flexibility index (Phi) is 8.55. The van der Waals surface area contributed by atoms with Crippen LogP contribution in [0.1, 0.15) is 59.1 Å². The van der Waals surface area contributed by atoms with Crippen LogP contribution in [0.5, 0.6) is 0 Å². The minimum atomic E-state index is -1.39. The number of esters is 1. The molecule has 2 fully saturated rings. The number of allylic oxidation sites excluding steroid dienone is 1. The molecule has 2 saturated heterocycles. The second-order valence-corrected chi connectivity index (χ2v) is 13.2. The van der Waals surface area contributed by atoms with Crippen LogP contribution in [0, 0.1) is 17.8 Å². The first kappa shape index (κ1) is 30.9. The number of benzene rings is 1. The van der Waals surface area contributed by atoms with Crippen LogP contribution in [-0.2, 0) is 28.7 Å². The van der Waals surface area contributed by atoms with Gasteiger partial charge in [0.25, 0.3) is 0 Å². The molecule has 3 amide bonds. The number of aliphatic hydroxyl groups is 1. The third kappa shape index (κ3) is 5.51. The Morgan fingerprint density at radius 3 is 2.44 bits per heavy atom. The molecule has 43 heavy (non-hydrogen) atoms. The van der Waals surface area contributed by atoms with Crippen LogP contribution in [-0.4, -0.2) is 87.6 Å². The fourth-order valence-corrected chi connectivity index (χ4v) is 6.90. The molecule has 5 rings (SSSR count). The number of carbonyl (C=O) groups excluding carboxylic acids is 4. The number of likely N-dealkylation sites (tertiary alicyclic amines) is 1. The summed E-state index contributed by atoms with van der Waals surface area (Å²) in [5.41, 5.74) is -1.31. The van der Waals surface area contributed by atoms with Crippen molar-refractivity contribution in [2.45, 2.75) is 82.9 Å². The summed E-state index contributed by atoms with van der Waals surface area (Å²) < 4.78 is 12.6. The molecule has 1 aromatic carbocycles. The summed E-state index contributed by atoms with van der Waals surface area (Å²) in [6, 6.07) is 7.40. The highest BCUT2D eigenvalue weighted by molar-refractivity contribution is 5.99. The van der Waals surface area contributed by atoms with E-state index in [-0.39, 0.29) is 43.8 Å². The predicted molar refractivity (Wildman–Crippen MR) is 158 cm³/mol. The van der Waals surface area contributed by atoms with E-state index in [1.807, 2.05) is 77.1 Å². The van der Waals surface area contributed by atoms with Gasteiger partial charge in [-0.15, -0.1) is 0 Å². The van der Waals surface area contributed by atoms with Crippen LogP contribution in [0.3, 0.4) is 0 Å². The summed E-state index contributed by atoms with van der Waals surface area (Å²) in [6.45, 7) is 9.52. The molecule has 10 heteroatoms. The van der Waals surface area contributed by atoms with Gasteiger partial charge < -0.3 is 29.7 Å². The van der Waals surface area contributed by atoms with Crippen molar-refractivity contribution < 1.29 is 33.8 Å². The number of rotatable bonds is 4. The molecule has 0 aromatic heterocycles. The van der Waals surface area contributed by atoms with Crippen molar-refractivity contribution in [3.63, 3.8) is 0 Å². The highest BCUT2D eigenvalue weighted by atomic mass is 16.6. The first-order valence-electron chi connectivity index (χ1n) is 15.2. The van der Waals surface area contributed by atoms with Crippen molar-refractivity contribution in [1.29, 1.82) is 0 Å². The molecule has 4 aliphatic rings. The molecule has 4 aliphatic heterocycles. The fraction of sp³-hybridized carbons (Fsp3) is 0.576. The largest absolute Gasteiger partial charge is 0.455 e. The zero-order chi connectivity index (χ0) is 31.1. The van der Waals surface area contributed by atoms with Gasteiger partial charge in [-0.1, -0.05) is 68.5 Å². The number of hydrogen-bond donors (Lipinski definition) is 2. The Morgan fingerprint density at radius 2 is 1.79 bits per heavy atom. The SMILES string of the molecule is CC(C)[C@H](CO)N1C(=O)[C@@H]2[C@H]3C(=O)O[C@@H](c4ccccc4)CNC(=O)CC/C=C\CN(C(C)(C)C)C(=O)[C@@H]1[C@]21C=C[C@H]3O1. The van der Waals surface area contributed by atoms with Gasteiger partial charge in [0.2, 0.25) is 17.7 Å². The second kappa shape index (κ2) is 11.9. The highest BCUT2D eigenvalue weighted by Crippen LogP contribution is 2.56. The third-order valence-electron chi connectivity index (χ3n) is 9.11. The molecule has 2 N–H and O–H groups in total. The first-order chi connectivity index (χ1) is 20.4. The molecule has 0 radical (unpaired) electrons. The summed E-state index contributed by atoms with van der Waals surface area (Å²) >= 11 is 0. The Morgan fingerprint density at radius 1 is 1.07 bits per heavy atom. The molecule has 7 atom stereocenters. The van der Waals surface area contributed by atoms with E-state index in [0.29, 0.717) is 12.0 Å². The lowest BCUT2D eigenvalue weighted by Crippen LogP contribution is -2.62. The molecule has 10 nitrogen and oxygen atoms in total. The van der Waals surface area contributed by atoms with E-state index in [0.717, 1.165) is 0 Å². The lowest BCUT2D eigenvalue weighted by molar-refractivity contribution is -0.161. The number of cyclic esters (lactones) is 1. The summed E-state index contributed by atoms with van der Waals surface area (Å²) in [6.07, 6.45) is 6.41. The molecule has 0 unspecified atom stereocenters. The highest BCUT2D eigenvalue weighted by Gasteiger charge is 2.74. The van der Waals surface area contributed by atoms with Crippen LogP contribution in [0.4, 0.5) is 0 Å². The van der Waals surface area contributed by atoms with Crippen molar-refractivity contribution in [3.05, 3.63) is 60.2 Å². The lowest BCUT2D eigenvalue weighted by Gasteiger charge is -2.43. The first-order valence-corrected chi connectivity index (χ1v) is 15.2. The van der Waals surface area contributed by atoms with E-state index in [2.05, 4.69) is 5.32 Å². The normalized spacial score (nSPS) is 33.0. The number of nitrogens with one attached hydrogen (secondary N) is 1. The predicted octanol–water partition coefficient (Wildman–Crippen LogP) is 2.53. The van der Waals surface area contributed by atoms with E-state index in [1.54, 1.807) is 17.1 Å². The van der Waals surface area contributed by atoms with E-state index >= 15 is 0 Å². The lowest BCUT2D eigenvalue weighted by atomic mass is 9.74. The average molecular weight is 594 g/mol. The van der Waals surface area contributed by atoms with Gasteiger partial charge >= 0.3 is 5.97 Å². The number of nitrogens with zero attached hydrogens (tertiary/aromatic N) is 2. The second-order valence-electron chi connectivity index (χ2n) is 13.2. The van der Waals surface area contributed by atoms with Gasteiger partial charge in [0.1, 0.15) is 23.7 Å². The Labute approximate surface area is 253 Å². The minimum Gasteiger partial charge on any atom is -0.455 e. The number of ether oxygens (including phenoxy) is 2. The summed E-state index contributed by atoms with van der Waals surface area (Å²) in [5, 5.41) is 13.4. The van der Waals surface area contributed by atoms with Gasteiger partial charge in [-0.25, -0.2) is 0 Å². The van der Waals surface area contributed by atoms with E-state index in [4.69, 9.17) is 9.47 Å². The Bertz CT molecular complexity index is 1300. The Hall–Kier alpha value is -3.50. The maximum Gasteiger partial charge on any atom is 0.313 e. The van der Waals surface area contributed by atoms with E-state index < -0.39 is 59.1 Å². The maximum atomic E-state index is 14.7. The number of amides is 3. The molecule has 0 saturated carbocycles. The maximum absolute atomic E-state index is 14.7. The van der Waals surface area contributed by atoms with Crippen molar-refractivity contribution in [3.8, 4) is 0 Å². The molecule has 0 aliphatic carbocycles. The van der Waals surface area contributed by atoms with E-state index in [1.165, 1.54) is 4.90 Å². The molecule has 1 aromatic rings. The summed E-state index contributed by atoms with van der Waals surface area (Å²) in [7, 11) is 0. The van der Waals surface area contributed by atoms with Crippen molar-refractivity contribution in [2.75, 3.05) is 19.7 Å². The number of carbonyl (C=O) groups is 4. The topological polar surface area (TPSA) is 125 Å². The average Bonchev–Trinajstić information content (AvgIpc) is 3.60. The number of hydrogen-bond acceptors (Lipinski definition) is 7. The summed E-state index contributed by atoms with van der Waals surface area (Å²) in [5.74, 6) is -3.72. The molecule has 232 valence electrons. The van der Waals surface area contributed by atoms with Gasteiger partial charge in [-0.3, -0.25) is 19.2 Å². The number of fused-ring (bicyclic) bond motifs is 2. The quantitative estimate of drug-likeness (QED) is 0.406. The molecular formula is C33H43N3O7. The van der Waals surface area contributed by atoms with Crippen LogP contribution in [0.2, 0.25) is 0 Å². The van der Waals surface area contributed by atoms with Gasteiger partial charge in [-0.05, 0) is 38.7 Å². The Balaban J connectivity index is 1.61. The smallest absolute Gasteiger partial charge is 0.313 e. The van der Waals surface area contributed by atoms with Crippen LogP contribution in [0.15, 0.2) is 54.6 Å². The molecule has 1 spiro atoms. The van der Waals surface area contributed by atoms with Gasteiger partial charge in [0.15, 0.2) is 0 Å². The molecular weight excluding hydrogens is 550 g/mol. The zero-order valence-corrected chi connectivity index (χ0v) is 25.6. The summed E-state index contributed by atoms with van der Waals surface area (Å²) in [4.78, 5) is 58.9. The number of aliphatic hydroxyl groups excluding tert-OH is 1. The van der Waals surface area contributed by atoms with Gasteiger partial charge in [0, 0.05) is 18.5 Å². The monoisotopic (exact) mass is 593 g/mol. The van der Waals surface area contributed by atoms with Crippen LogP contribution in [0.25, 0.3) is 0 Å². The minimum absolute atomic E-state index is 0.0705. The fourth-order valence-electron chi connectivity index (χ4n) is 6.90. The van der Waals surface area contributed by atoms with Crippen LogP contribution >= 0.6 is 0 Å².